The Bertz CT molecular complexity index is 1020. The molecule has 0 spiro atoms. The van der Waals surface area contributed by atoms with Crippen LogP contribution in [0.5, 0.6) is 0 Å². The van der Waals surface area contributed by atoms with Crippen molar-refractivity contribution in [2.75, 3.05) is 13.1 Å². The second-order valence-electron chi connectivity index (χ2n) is 11.9. The van der Waals surface area contributed by atoms with E-state index in [1.165, 1.54) is 12.4 Å². The van der Waals surface area contributed by atoms with E-state index in [1.807, 2.05) is 66.4 Å². The fourth-order valence-electron chi connectivity index (χ4n) is 4.89. The minimum Gasteiger partial charge on any atom is -0.353 e. The number of nitrogens with zero attached hydrogens (tertiary/aromatic N) is 3. The van der Waals surface area contributed by atoms with Crippen molar-refractivity contribution in [3.05, 3.63) is 35.6 Å². The van der Waals surface area contributed by atoms with Crippen LogP contribution < -0.4 is 11.1 Å². The highest BCUT2D eigenvalue weighted by molar-refractivity contribution is 6.02. The third-order valence-corrected chi connectivity index (χ3v) is 7.77. The summed E-state index contributed by atoms with van der Waals surface area (Å²) in [6.07, 6.45) is 5.81. The molecular weight excluding hydrogens is 579 g/mol. The monoisotopic (exact) mass is 639 g/mol. The van der Waals surface area contributed by atoms with Gasteiger partial charge in [0, 0.05) is 55.2 Å². The molecule has 1 saturated carbocycles. The quantitative estimate of drug-likeness (QED) is 0.190. The van der Waals surface area contributed by atoms with Gasteiger partial charge < -0.3 is 16.0 Å². The maximum atomic E-state index is 13.0. The molecule has 0 bridgehead atoms. The molecule has 1 heterocycles. The molecule has 0 aromatic heterocycles. The number of aryl methyl sites for hydroxylation is 1. The summed E-state index contributed by atoms with van der Waals surface area (Å²) in [6.45, 7) is 18.8. The Morgan fingerprint density at radius 1 is 1.11 bits per heavy atom. The number of carbonyl (C=O) groups excluding carboxylic acids is 2. The maximum Gasteiger partial charge on any atom is 0.249 e. The van der Waals surface area contributed by atoms with E-state index in [9.17, 15) is 22.8 Å². The summed E-state index contributed by atoms with van der Waals surface area (Å²) in [5, 5.41) is 2.93. The second-order valence-corrected chi connectivity index (χ2v) is 11.9. The minimum atomic E-state index is -2.68. The van der Waals surface area contributed by atoms with Gasteiger partial charge in [-0.25, -0.2) is 18.2 Å². The van der Waals surface area contributed by atoms with Crippen molar-refractivity contribution in [2.45, 2.75) is 144 Å². The predicted octanol–water partition coefficient (Wildman–Crippen LogP) is 7.89. The lowest BCUT2D eigenvalue weighted by Gasteiger charge is -2.39. The third-order valence-electron chi connectivity index (χ3n) is 7.77. The number of nitrogens with two attached hydrogens (primary N) is 1. The number of likely N-dealkylation sites (tertiary alicyclic amines) is 1. The summed E-state index contributed by atoms with van der Waals surface area (Å²) in [5.74, 6) is -3.57. The van der Waals surface area contributed by atoms with Gasteiger partial charge in [0.1, 0.15) is 12.2 Å². The van der Waals surface area contributed by atoms with Crippen molar-refractivity contribution in [3.63, 3.8) is 0 Å². The van der Waals surface area contributed by atoms with Gasteiger partial charge in [0.25, 0.3) is 0 Å². The Labute approximate surface area is 270 Å². The molecule has 2 fully saturated rings. The number of aliphatic imine (C=N–C) groups is 2. The maximum absolute atomic E-state index is 13.0. The number of rotatable bonds is 11. The van der Waals surface area contributed by atoms with Crippen LogP contribution in [0.25, 0.3) is 0 Å². The number of hydrogen-bond donors (Lipinski definition) is 2. The first-order valence-corrected chi connectivity index (χ1v) is 16.7. The summed E-state index contributed by atoms with van der Waals surface area (Å²) in [4.78, 5) is 35.0. The predicted molar refractivity (Wildman–Crippen MR) is 182 cm³/mol. The van der Waals surface area contributed by atoms with Crippen LogP contribution in [0, 0.1) is 18.7 Å². The number of amides is 2. The van der Waals surface area contributed by atoms with Crippen LogP contribution in [0.15, 0.2) is 34.3 Å². The summed E-state index contributed by atoms with van der Waals surface area (Å²) in [5.41, 5.74) is 7.73. The van der Waals surface area contributed by atoms with Gasteiger partial charge in [-0.15, -0.1) is 0 Å². The SMILES string of the molecule is CC.CC.CCC(CCCC1(N)CCN(C(=O)CC(C)=NC=NC(C)C)CC1)NC(=O)C1CC(F)(F)C1.Cc1ccccc1F. The van der Waals surface area contributed by atoms with E-state index in [2.05, 4.69) is 15.3 Å². The van der Waals surface area contributed by atoms with E-state index in [4.69, 9.17) is 5.73 Å². The molecule has 7 nitrogen and oxygen atoms in total. The number of alkyl halides is 2. The van der Waals surface area contributed by atoms with Crippen molar-refractivity contribution < 1.29 is 22.8 Å². The number of piperidine rings is 1. The Morgan fingerprint density at radius 2 is 1.69 bits per heavy atom. The second kappa shape index (κ2) is 21.9. The first-order chi connectivity index (χ1) is 21.2. The highest BCUT2D eigenvalue weighted by atomic mass is 19.3. The van der Waals surface area contributed by atoms with E-state index in [1.54, 1.807) is 19.1 Å². The van der Waals surface area contributed by atoms with Crippen LogP contribution in [-0.2, 0) is 9.59 Å². The van der Waals surface area contributed by atoms with Crippen molar-refractivity contribution >= 4 is 23.9 Å². The third kappa shape index (κ3) is 16.9. The van der Waals surface area contributed by atoms with E-state index >= 15 is 0 Å². The molecule has 258 valence electrons. The van der Waals surface area contributed by atoms with Gasteiger partial charge in [0.15, 0.2) is 0 Å². The van der Waals surface area contributed by atoms with Crippen molar-refractivity contribution in [1.82, 2.24) is 10.2 Å². The molecule has 1 saturated heterocycles. The Balaban J connectivity index is 0.00000136. The van der Waals surface area contributed by atoms with Gasteiger partial charge in [-0.2, -0.15) is 0 Å². The summed E-state index contributed by atoms with van der Waals surface area (Å²) in [6, 6.07) is 6.86. The molecule has 1 aliphatic heterocycles. The van der Waals surface area contributed by atoms with E-state index < -0.39 is 11.8 Å². The van der Waals surface area contributed by atoms with Crippen LogP contribution in [0.2, 0.25) is 0 Å². The molecule has 2 aliphatic rings. The van der Waals surface area contributed by atoms with Gasteiger partial charge in [0.05, 0.1) is 6.42 Å². The van der Waals surface area contributed by atoms with E-state index in [0.717, 1.165) is 44.2 Å². The Hall–Kier alpha value is -2.75. The van der Waals surface area contributed by atoms with E-state index in [-0.39, 0.29) is 54.5 Å². The zero-order chi connectivity index (χ0) is 34.6. The molecular formula is C35H60F3N5O2. The lowest BCUT2D eigenvalue weighted by atomic mass is 9.80. The molecule has 3 N–H and O–H groups in total. The molecule has 10 heteroatoms. The van der Waals surface area contributed by atoms with Gasteiger partial charge in [-0.05, 0) is 77.8 Å². The minimum absolute atomic E-state index is 0.0153. The molecule has 2 amide bonds. The number of hydrogen-bond acceptors (Lipinski definition) is 4. The first kappa shape index (κ1) is 42.2. The summed E-state index contributed by atoms with van der Waals surface area (Å²) in [7, 11) is 0. The highest BCUT2D eigenvalue weighted by Gasteiger charge is 2.48. The standard InChI is InChI=1S/C24H41F2N5O2.C7H7F.2C2H6/c1-5-20(30-22(33)19-14-24(25,26)15-19)7-6-8-23(27)9-11-31(12-10-23)21(32)13-18(4)29-16-28-17(2)3;1-6-4-2-3-5-7(6)8;2*1-2/h16-17,19-20H,5-15,27H2,1-4H3,(H,30,33);2-5H,1H3;2*1-2H3. The lowest BCUT2D eigenvalue weighted by molar-refractivity contribution is -0.150. The Morgan fingerprint density at radius 3 is 2.16 bits per heavy atom. The molecule has 1 unspecified atom stereocenters. The van der Waals surface area contributed by atoms with Crippen LogP contribution >= 0.6 is 0 Å². The van der Waals surface area contributed by atoms with E-state index in [0.29, 0.717) is 18.7 Å². The average Bonchev–Trinajstić information content (AvgIpc) is 2.99. The summed E-state index contributed by atoms with van der Waals surface area (Å²) >= 11 is 0. The van der Waals surface area contributed by atoms with Gasteiger partial charge in [-0.1, -0.05) is 52.8 Å². The molecule has 1 aliphatic carbocycles. The van der Waals surface area contributed by atoms with Crippen molar-refractivity contribution in [2.24, 2.45) is 21.6 Å². The molecule has 1 atom stereocenters. The average molecular weight is 640 g/mol. The van der Waals surface area contributed by atoms with Gasteiger partial charge in [-0.3, -0.25) is 14.6 Å². The van der Waals surface area contributed by atoms with Crippen LogP contribution in [0.1, 0.15) is 119 Å². The molecule has 1 aromatic rings. The van der Waals surface area contributed by atoms with Crippen LogP contribution in [0.4, 0.5) is 13.2 Å². The van der Waals surface area contributed by atoms with Crippen LogP contribution in [0.3, 0.4) is 0 Å². The highest BCUT2D eigenvalue weighted by Crippen LogP contribution is 2.42. The zero-order valence-corrected chi connectivity index (χ0v) is 29.3. The molecule has 1 aromatic carbocycles. The summed E-state index contributed by atoms with van der Waals surface area (Å²) < 4.78 is 38.3. The topological polar surface area (TPSA) is 100 Å². The lowest BCUT2D eigenvalue weighted by Crippen LogP contribution is -2.52. The number of benzene rings is 1. The molecule has 45 heavy (non-hydrogen) atoms. The first-order valence-electron chi connectivity index (χ1n) is 16.7. The number of carbonyl (C=O) groups is 2. The largest absolute Gasteiger partial charge is 0.353 e. The van der Waals surface area contributed by atoms with Gasteiger partial charge >= 0.3 is 0 Å². The smallest absolute Gasteiger partial charge is 0.249 e. The molecule has 3 rings (SSSR count). The fourth-order valence-corrected chi connectivity index (χ4v) is 4.89. The Kier molecular flexibility index (Phi) is 20.6. The van der Waals surface area contributed by atoms with Crippen molar-refractivity contribution in [3.8, 4) is 0 Å². The number of halogens is 3. The van der Waals surface area contributed by atoms with Crippen LogP contribution in [-0.4, -0.2) is 65.4 Å². The van der Waals surface area contributed by atoms with Crippen molar-refractivity contribution in [1.29, 1.82) is 0 Å². The normalized spacial score (nSPS) is 17.9. The fraction of sp³-hybridized carbons (Fsp3) is 0.714. The zero-order valence-electron chi connectivity index (χ0n) is 29.3. The molecule has 0 radical (unpaired) electrons. The van der Waals surface area contributed by atoms with Gasteiger partial charge in [0.2, 0.25) is 17.7 Å². The number of nitrogens with one attached hydrogen (secondary N) is 1.